The number of methoxy groups -OCH3 is 1. The molecule has 5 heteroatoms. The molecule has 0 spiro atoms. The van der Waals surface area contributed by atoms with Gasteiger partial charge in [-0.2, -0.15) is 11.8 Å². The van der Waals surface area contributed by atoms with Crippen molar-refractivity contribution >= 4 is 33.7 Å². The van der Waals surface area contributed by atoms with Crippen molar-refractivity contribution < 1.29 is 9.53 Å². The highest BCUT2D eigenvalue weighted by Crippen LogP contribution is 2.51. The molecule has 3 nitrogen and oxygen atoms in total. The first kappa shape index (κ1) is 13.9. The van der Waals surface area contributed by atoms with Gasteiger partial charge in [-0.3, -0.25) is 9.78 Å². The summed E-state index contributed by atoms with van der Waals surface area (Å²) in [5.74, 6) is 1.82. The lowest BCUT2D eigenvalue weighted by Crippen LogP contribution is -2.13. The maximum atomic E-state index is 11.3. The summed E-state index contributed by atoms with van der Waals surface area (Å²) in [7, 11) is 1.46. The molecule has 0 bridgehead atoms. The predicted molar refractivity (Wildman–Crippen MR) is 76.4 cm³/mol. The molecule has 0 radical (unpaired) electrons. The normalized spacial score (nSPS) is 16.3. The minimum atomic E-state index is -0.0881. The molecule has 1 saturated carbocycles. The van der Waals surface area contributed by atoms with Crippen LogP contribution in [0.25, 0.3) is 0 Å². The summed E-state index contributed by atoms with van der Waals surface area (Å²) in [5, 5.41) is 0. The third kappa shape index (κ3) is 3.99. The molecule has 0 saturated heterocycles. The van der Waals surface area contributed by atoms with Crippen LogP contribution in [0.4, 0.5) is 0 Å². The average molecular weight is 330 g/mol. The fourth-order valence-electron chi connectivity index (χ4n) is 1.79. The van der Waals surface area contributed by atoms with E-state index in [0.29, 0.717) is 6.42 Å². The molecule has 1 aliphatic rings. The van der Waals surface area contributed by atoms with E-state index >= 15 is 0 Å². The highest BCUT2D eigenvalue weighted by atomic mass is 79.9. The Morgan fingerprint density at radius 1 is 1.56 bits per heavy atom. The van der Waals surface area contributed by atoms with Crippen molar-refractivity contribution in [1.29, 1.82) is 0 Å². The Kier molecular flexibility index (Phi) is 4.67. The molecular formula is C13H16BrNO2S. The highest BCUT2D eigenvalue weighted by Gasteiger charge is 2.44. The lowest BCUT2D eigenvalue weighted by molar-refractivity contribution is -0.141. The number of halogens is 1. The molecular weight excluding hydrogens is 314 g/mol. The summed E-state index contributed by atoms with van der Waals surface area (Å²) in [4.78, 5) is 15.6. The number of aromatic nitrogens is 1. The standard InChI is InChI=1S/C13H16BrNO2S/c1-17-12(16)6-13(4-5-13)9-18-8-11-3-2-10(14)7-15-11/h2-3,7H,4-6,8-9H2,1H3. The molecule has 1 fully saturated rings. The van der Waals surface area contributed by atoms with Gasteiger partial charge in [-0.05, 0) is 52.1 Å². The van der Waals surface area contributed by atoms with Crippen molar-refractivity contribution in [3.8, 4) is 0 Å². The fourth-order valence-corrected chi connectivity index (χ4v) is 3.33. The van der Waals surface area contributed by atoms with Crippen LogP contribution in [-0.2, 0) is 15.3 Å². The lowest BCUT2D eigenvalue weighted by Gasteiger charge is -2.12. The molecule has 98 valence electrons. The van der Waals surface area contributed by atoms with Crippen LogP contribution in [0, 0.1) is 5.41 Å². The van der Waals surface area contributed by atoms with Crippen molar-refractivity contribution in [1.82, 2.24) is 4.98 Å². The van der Waals surface area contributed by atoms with Crippen LogP contribution in [0.3, 0.4) is 0 Å². The lowest BCUT2D eigenvalue weighted by atomic mass is 10.1. The Morgan fingerprint density at radius 3 is 2.89 bits per heavy atom. The van der Waals surface area contributed by atoms with Gasteiger partial charge in [0.05, 0.1) is 19.2 Å². The molecule has 1 aromatic rings. The van der Waals surface area contributed by atoms with Gasteiger partial charge in [0.25, 0.3) is 0 Å². The largest absolute Gasteiger partial charge is 0.469 e. The van der Waals surface area contributed by atoms with E-state index < -0.39 is 0 Å². The molecule has 0 aliphatic heterocycles. The van der Waals surface area contributed by atoms with Gasteiger partial charge in [0, 0.05) is 16.4 Å². The van der Waals surface area contributed by atoms with Gasteiger partial charge in [-0.1, -0.05) is 0 Å². The molecule has 2 rings (SSSR count). The number of pyridine rings is 1. The Hall–Kier alpha value is -0.550. The molecule has 0 aromatic carbocycles. The summed E-state index contributed by atoms with van der Waals surface area (Å²) >= 11 is 5.22. The predicted octanol–water partition coefficient (Wildman–Crippen LogP) is 3.42. The number of rotatable bonds is 6. The number of thioether (sulfide) groups is 1. The zero-order valence-corrected chi connectivity index (χ0v) is 12.7. The monoisotopic (exact) mass is 329 g/mol. The second-order valence-electron chi connectivity index (χ2n) is 4.71. The van der Waals surface area contributed by atoms with Crippen LogP contribution in [-0.4, -0.2) is 23.8 Å². The second kappa shape index (κ2) is 6.06. The molecule has 1 aromatic heterocycles. The van der Waals surface area contributed by atoms with E-state index in [0.717, 1.165) is 34.5 Å². The average Bonchev–Trinajstić information content (AvgIpc) is 3.11. The molecule has 1 aliphatic carbocycles. The third-order valence-electron chi connectivity index (χ3n) is 3.15. The van der Waals surface area contributed by atoms with Crippen molar-refractivity contribution in [2.24, 2.45) is 5.41 Å². The van der Waals surface area contributed by atoms with Gasteiger partial charge in [0.15, 0.2) is 0 Å². The van der Waals surface area contributed by atoms with E-state index in [9.17, 15) is 4.79 Å². The zero-order chi connectivity index (χ0) is 13.0. The van der Waals surface area contributed by atoms with Gasteiger partial charge in [0.2, 0.25) is 0 Å². The van der Waals surface area contributed by atoms with Crippen LogP contribution in [0.5, 0.6) is 0 Å². The summed E-state index contributed by atoms with van der Waals surface area (Å²) in [6.07, 6.45) is 4.66. The van der Waals surface area contributed by atoms with Crippen molar-refractivity contribution in [2.45, 2.75) is 25.0 Å². The molecule has 0 amide bonds. The second-order valence-corrected chi connectivity index (χ2v) is 6.61. The van der Waals surface area contributed by atoms with Crippen LogP contribution < -0.4 is 0 Å². The Labute approximate surface area is 120 Å². The van der Waals surface area contributed by atoms with Gasteiger partial charge in [-0.25, -0.2) is 0 Å². The van der Waals surface area contributed by atoms with E-state index in [1.165, 1.54) is 7.11 Å². The number of hydrogen-bond donors (Lipinski definition) is 0. The Bertz CT molecular complexity index is 418. The Morgan fingerprint density at radius 2 is 2.33 bits per heavy atom. The van der Waals surface area contributed by atoms with Gasteiger partial charge in [0.1, 0.15) is 0 Å². The summed E-state index contributed by atoms with van der Waals surface area (Å²) < 4.78 is 5.74. The maximum absolute atomic E-state index is 11.3. The van der Waals surface area contributed by atoms with Crippen LogP contribution in [0.15, 0.2) is 22.8 Å². The minimum Gasteiger partial charge on any atom is -0.469 e. The maximum Gasteiger partial charge on any atom is 0.306 e. The first-order valence-electron chi connectivity index (χ1n) is 5.89. The number of hydrogen-bond acceptors (Lipinski definition) is 4. The topological polar surface area (TPSA) is 39.2 Å². The molecule has 0 atom stereocenters. The van der Waals surface area contributed by atoms with Gasteiger partial charge >= 0.3 is 5.97 Å². The first-order valence-corrected chi connectivity index (χ1v) is 7.83. The SMILES string of the molecule is COC(=O)CC1(CSCc2ccc(Br)cn2)CC1. The van der Waals surface area contributed by atoms with Gasteiger partial charge in [-0.15, -0.1) is 0 Å². The molecule has 1 heterocycles. The smallest absolute Gasteiger partial charge is 0.306 e. The number of nitrogens with zero attached hydrogens (tertiary/aromatic N) is 1. The van der Waals surface area contributed by atoms with Crippen molar-refractivity contribution in [2.75, 3.05) is 12.9 Å². The minimum absolute atomic E-state index is 0.0881. The molecule has 0 unspecified atom stereocenters. The van der Waals surface area contributed by atoms with Crippen LogP contribution in [0.1, 0.15) is 25.0 Å². The number of esters is 1. The summed E-state index contributed by atoms with van der Waals surface area (Å²) in [5.41, 5.74) is 1.28. The van der Waals surface area contributed by atoms with Crippen LogP contribution >= 0.6 is 27.7 Å². The third-order valence-corrected chi connectivity index (χ3v) is 4.94. The number of carbonyl (C=O) groups excluding carboxylic acids is 1. The van der Waals surface area contributed by atoms with Crippen LogP contribution in [0.2, 0.25) is 0 Å². The van der Waals surface area contributed by atoms with E-state index in [1.54, 1.807) is 0 Å². The van der Waals surface area contributed by atoms with E-state index in [4.69, 9.17) is 4.74 Å². The zero-order valence-electron chi connectivity index (χ0n) is 10.3. The van der Waals surface area contributed by atoms with E-state index in [1.807, 2.05) is 30.1 Å². The quantitative estimate of drug-likeness (QED) is 0.749. The van der Waals surface area contributed by atoms with E-state index in [2.05, 4.69) is 20.9 Å². The molecule has 18 heavy (non-hydrogen) atoms. The number of ether oxygens (including phenoxy) is 1. The summed E-state index contributed by atoms with van der Waals surface area (Å²) in [6.45, 7) is 0. The van der Waals surface area contributed by atoms with E-state index in [-0.39, 0.29) is 11.4 Å². The van der Waals surface area contributed by atoms with Gasteiger partial charge < -0.3 is 4.74 Å². The number of carbonyl (C=O) groups is 1. The van der Waals surface area contributed by atoms with Crippen molar-refractivity contribution in [3.63, 3.8) is 0 Å². The molecule has 0 N–H and O–H groups in total. The highest BCUT2D eigenvalue weighted by molar-refractivity contribution is 9.10. The first-order chi connectivity index (χ1) is 8.63. The Balaban J connectivity index is 1.75. The summed E-state index contributed by atoms with van der Waals surface area (Å²) in [6, 6.07) is 4.03. The fraction of sp³-hybridized carbons (Fsp3) is 0.538. The van der Waals surface area contributed by atoms with Crippen molar-refractivity contribution in [3.05, 3.63) is 28.5 Å².